The summed E-state index contributed by atoms with van der Waals surface area (Å²) in [4.78, 5) is 21.0. The van der Waals surface area contributed by atoms with E-state index in [1.54, 1.807) is 12.1 Å². The van der Waals surface area contributed by atoms with E-state index in [0.29, 0.717) is 0 Å². The monoisotopic (exact) mass is 248 g/mol. The molecule has 0 spiro atoms. The van der Waals surface area contributed by atoms with E-state index in [9.17, 15) is 14.9 Å². The van der Waals surface area contributed by atoms with Crippen LogP contribution in [-0.4, -0.2) is 10.8 Å². The number of rotatable bonds is 4. The van der Waals surface area contributed by atoms with E-state index in [1.807, 2.05) is 0 Å². The van der Waals surface area contributed by atoms with E-state index in [4.69, 9.17) is 14.6 Å². The summed E-state index contributed by atoms with van der Waals surface area (Å²) in [5.74, 6) is -0.720. The lowest BCUT2D eigenvalue weighted by atomic mass is 10.1. The van der Waals surface area contributed by atoms with Crippen LogP contribution in [0.5, 0.6) is 0 Å². The normalized spacial score (nSPS) is 11.4. The Bertz CT molecular complexity index is 609. The highest BCUT2D eigenvalue weighted by atomic mass is 16.6. The summed E-state index contributed by atoms with van der Waals surface area (Å²) in [7, 11) is 0. The van der Waals surface area contributed by atoms with Crippen LogP contribution >= 0.6 is 0 Å². The maximum atomic E-state index is 11.3. The van der Waals surface area contributed by atoms with Gasteiger partial charge >= 0.3 is 5.88 Å². The molecule has 1 amide bonds. The largest absolute Gasteiger partial charge is 0.464 e. The Morgan fingerprint density at radius 2 is 2.17 bits per heavy atom. The summed E-state index contributed by atoms with van der Waals surface area (Å²) in [6.07, 6.45) is 2.67. The molecule has 0 saturated heterocycles. The molecule has 2 heterocycles. The van der Waals surface area contributed by atoms with E-state index in [-0.39, 0.29) is 17.1 Å². The number of hydrogen-bond acceptors (Lipinski definition) is 5. The van der Waals surface area contributed by atoms with Crippen LogP contribution in [-0.2, 0) is 4.79 Å². The van der Waals surface area contributed by atoms with Crippen molar-refractivity contribution < 1.29 is 18.6 Å². The number of carbonyl (C=O) groups excluding carboxylic acids is 1. The molecule has 0 fully saturated rings. The Morgan fingerprint density at radius 3 is 2.67 bits per heavy atom. The number of nitro groups is 1. The predicted octanol–water partition coefficient (Wildman–Crippen LogP) is 1.81. The number of nitrogens with two attached hydrogens (primary N) is 1. The van der Waals surface area contributed by atoms with Gasteiger partial charge in [0.2, 0.25) is 0 Å². The molecule has 2 aromatic heterocycles. The summed E-state index contributed by atoms with van der Waals surface area (Å²) in [5.41, 5.74) is 5.27. The molecular weight excluding hydrogens is 240 g/mol. The Balaban J connectivity index is 2.39. The molecule has 0 aliphatic heterocycles. The zero-order chi connectivity index (χ0) is 13.1. The van der Waals surface area contributed by atoms with Crippen LogP contribution in [0.2, 0.25) is 0 Å². The molecule has 2 rings (SSSR count). The smallest absolute Gasteiger partial charge is 0.433 e. The van der Waals surface area contributed by atoms with Crippen LogP contribution in [0.25, 0.3) is 11.6 Å². The van der Waals surface area contributed by atoms with Gasteiger partial charge < -0.3 is 14.6 Å². The average molecular weight is 248 g/mol. The van der Waals surface area contributed by atoms with Crippen molar-refractivity contribution in [1.29, 1.82) is 0 Å². The number of carbonyl (C=O) groups is 1. The summed E-state index contributed by atoms with van der Waals surface area (Å²) >= 11 is 0. The number of furan rings is 2. The van der Waals surface area contributed by atoms with Gasteiger partial charge in [-0.3, -0.25) is 14.9 Å². The van der Waals surface area contributed by atoms with Gasteiger partial charge in [0.1, 0.15) is 16.4 Å². The van der Waals surface area contributed by atoms with E-state index >= 15 is 0 Å². The minimum atomic E-state index is -0.719. The third-order valence-corrected chi connectivity index (χ3v) is 2.13. The molecule has 92 valence electrons. The fraction of sp³-hybridized carbons (Fsp3) is 0. The second kappa shape index (κ2) is 4.58. The molecule has 18 heavy (non-hydrogen) atoms. The summed E-state index contributed by atoms with van der Waals surface area (Å²) in [6.45, 7) is 0. The van der Waals surface area contributed by atoms with Gasteiger partial charge in [0.25, 0.3) is 5.91 Å². The molecule has 0 aliphatic rings. The van der Waals surface area contributed by atoms with Crippen LogP contribution in [0, 0.1) is 10.1 Å². The maximum absolute atomic E-state index is 11.3. The van der Waals surface area contributed by atoms with E-state index in [1.165, 1.54) is 24.5 Å². The Labute approximate surface area is 101 Å². The second-order valence-corrected chi connectivity index (χ2v) is 3.33. The van der Waals surface area contributed by atoms with Crippen molar-refractivity contribution in [3.05, 3.63) is 52.2 Å². The van der Waals surface area contributed by atoms with E-state index < -0.39 is 16.7 Å². The molecule has 2 aromatic rings. The molecular formula is C11H8N2O5. The molecule has 0 bridgehead atoms. The molecule has 0 atom stereocenters. The van der Waals surface area contributed by atoms with Crippen molar-refractivity contribution >= 4 is 23.4 Å². The van der Waals surface area contributed by atoms with Crippen LogP contribution in [0.15, 0.2) is 39.4 Å². The highest BCUT2D eigenvalue weighted by Crippen LogP contribution is 2.22. The predicted molar refractivity (Wildman–Crippen MR) is 61.1 cm³/mol. The number of amides is 1. The van der Waals surface area contributed by atoms with Gasteiger partial charge in [-0.15, -0.1) is 0 Å². The second-order valence-electron chi connectivity index (χ2n) is 3.33. The Kier molecular flexibility index (Phi) is 2.96. The highest BCUT2D eigenvalue weighted by Gasteiger charge is 2.15. The minimum absolute atomic E-state index is 0.0734. The maximum Gasteiger partial charge on any atom is 0.433 e. The fourth-order valence-corrected chi connectivity index (χ4v) is 1.36. The first-order valence-corrected chi connectivity index (χ1v) is 4.87. The van der Waals surface area contributed by atoms with Crippen molar-refractivity contribution in [3.8, 4) is 0 Å². The van der Waals surface area contributed by atoms with E-state index in [2.05, 4.69) is 0 Å². The van der Waals surface area contributed by atoms with Crippen molar-refractivity contribution in [2.75, 3.05) is 0 Å². The number of nitrogens with zero attached hydrogens (tertiary/aromatic N) is 1. The molecule has 0 saturated carbocycles. The fourth-order valence-electron chi connectivity index (χ4n) is 1.36. The molecule has 7 heteroatoms. The molecule has 7 nitrogen and oxygen atoms in total. The lowest BCUT2D eigenvalue weighted by Crippen LogP contribution is -2.12. The number of hydrogen-bond donors (Lipinski definition) is 1. The Morgan fingerprint density at radius 1 is 1.39 bits per heavy atom. The number of primary amides is 1. The molecule has 0 aliphatic carbocycles. The van der Waals surface area contributed by atoms with Gasteiger partial charge in [0, 0.05) is 0 Å². The van der Waals surface area contributed by atoms with Crippen molar-refractivity contribution in [2.45, 2.75) is 0 Å². The van der Waals surface area contributed by atoms with Crippen molar-refractivity contribution in [2.24, 2.45) is 5.73 Å². The van der Waals surface area contributed by atoms with Crippen LogP contribution in [0.4, 0.5) is 5.88 Å². The molecule has 0 unspecified atom stereocenters. The summed E-state index contributed by atoms with van der Waals surface area (Å²) in [6, 6.07) is 5.70. The third kappa shape index (κ3) is 2.29. The van der Waals surface area contributed by atoms with Gasteiger partial charge in [-0.1, -0.05) is 0 Å². The zero-order valence-electron chi connectivity index (χ0n) is 9.03. The van der Waals surface area contributed by atoms with Gasteiger partial charge in [0.05, 0.1) is 17.9 Å². The summed E-state index contributed by atoms with van der Waals surface area (Å²) in [5, 5.41) is 10.4. The van der Waals surface area contributed by atoms with Crippen LogP contribution in [0.3, 0.4) is 0 Å². The zero-order valence-corrected chi connectivity index (χ0v) is 9.03. The van der Waals surface area contributed by atoms with Gasteiger partial charge in [-0.05, 0) is 24.3 Å². The first-order chi connectivity index (χ1) is 8.58. The van der Waals surface area contributed by atoms with Crippen molar-refractivity contribution in [3.63, 3.8) is 0 Å². The molecule has 2 N–H and O–H groups in total. The van der Waals surface area contributed by atoms with Gasteiger partial charge in [-0.2, -0.15) is 0 Å². The summed E-state index contributed by atoms with van der Waals surface area (Å²) < 4.78 is 9.94. The van der Waals surface area contributed by atoms with Crippen LogP contribution < -0.4 is 5.73 Å². The quantitative estimate of drug-likeness (QED) is 0.503. The highest BCUT2D eigenvalue weighted by molar-refractivity contribution is 6.22. The standard InChI is InChI=1S/C11H8N2O5/c12-11(14)8(9-2-1-5-17-9)6-7-3-4-10(18-7)13(15)16/h1-6H,(H2,12,14)/b8-6+. The van der Waals surface area contributed by atoms with Gasteiger partial charge in [-0.25, -0.2) is 0 Å². The SMILES string of the molecule is NC(=O)/C(=C/c1ccc([N+](=O)[O-])o1)c1ccco1. The lowest BCUT2D eigenvalue weighted by Gasteiger charge is -1.97. The van der Waals surface area contributed by atoms with E-state index in [0.717, 1.165) is 0 Å². The Hall–Kier alpha value is -2.83. The van der Waals surface area contributed by atoms with Gasteiger partial charge in [0.15, 0.2) is 0 Å². The molecule has 0 radical (unpaired) electrons. The topological polar surface area (TPSA) is 113 Å². The molecule has 0 aromatic carbocycles. The lowest BCUT2D eigenvalue weighted by molar-refractivity contribution is -0.402. The third-order valence-electron chi connectivity index (χ3n) is 2.13. The first kappa shape index (κ1) is 11.6. The van der Waals surface area contributed by atoms with Crippen molar-refractivity contribution in [1.82, 2.24) is 0 Å². The minimum Gasteiger partial charge on any atom is -0.464 e. The first-order valence-electron chi connectivity index (χ1n) is 4.87. The van der Waals surface area contributed by atoms with Crippen LogP contribution in [0.1, 0.15) is 11.5 Å². The average Bonchev–Trinajstić information content (AvgIpc) is 2.96.